The molecular weight excluding hydrogens is 292 g/mol. The van der Waals surface area contributed by atoms with Crippen LogP contribution in [0.15, 0.2) is 47.6 Å². The Labute approximate surface area is 136 Å². The third kappa shape index (κ3) is 5.60. The lowest BCUT2D eigenvalue weighted by atomic mass is 10.2. The minimum absolute atomic E-state index is 0.348. The van der Waals surface area contributed by atoms with Crippen LogP contribution in [0.25, 0.3) is 0 Å². The molecular formula is C17H22N4O2. The number of methoxy groups -OCH3 is 1. The van der Waals surface area contributed by atoms with Crippen molar-refractivity contribution in [2.24, 2.45) is 10.7 Å². The van der Waals surface area contributed by atoms with Gasteiger partial charge in [-0.2, -0.15) is 0 Å². The van der Waals surface area contributed by atoms with Crippen molar-refractivity contribution >= 4 is 11.6 Å². The maximum absolute atomic E-state index is 5.92. The lowest BCUT2D eigenvalue weighted by Crippen LogP contribution is -2.22. The molecule has 1 heterocycles. The summed E-state index contributed by atoms with van der Waals surface area (Å²) in [6, 6.07) is 11.7. The number of aliphatic imine (C=N–C) groups is 1. The van der Waals surface area contributed by atoms with Crippen molar-refractivity contribution in [2.45, 2.75) is 13.5 Å². The smallest absolute Gasteiger partial charge is 0.218 e. The number of guanidine groups is 1. The van der Waals surface area contributed by atoms with E-state index in [1.165, 1.54) is 5.56 Å². The number of nitrogens with one attached hydrogen (secondary N) is 1. The summed E-state index contributed by atoms with van der Waals surface area (Å²) in [5, 5.41) is 3.06. The SMILES string of the molecule is COCCOc1ncccc1CN=C(N)Nc1ccc(C)cc1. The van der Waals surface area contributed by atoms with E-state index in [1.54, 1.807) is 13.3 Å². The van der Waals surface area contributed by atoms with Gasteiger partial charge in [0.15, 0.2) is 5.96 Å². The lowest BCUT2D eigenvalue weighted by Gasteiger charge is -2.09. The molecule has 0 atom stereocenters. The summed E-state index contributed by atoms with van der Waals surface area (Å²) in [7, 11) is 1.63. The van der Waals surface area contributed by atoms with Gasteiger partial charge in [-0.15, -0.1) is 0 Å². The van der Waals surface area contributed by atoms with Crippen LogP contribution in [-0.2, 0) is 11.3 Å². The van der Waals surface area contributed by atoms with Gasteiger partial charge in [-0.05, 0) is 25.1 Å². The van der Waals surface area contributed by atoms with Crippen LogP contribution in [0.2, 0.25) is 0 Å². The molecule has 0 saturated heterocycles. The highest BCUT2D eigenvalue weighted by Gasteiger charge is 2.04. The molecule has 3 N–H and O–H groups in total. The van der Waals surface area contributed by atoms with Crippen LogP contribution in [0.1, 0.15) is 11.1 Å². The zero-order chi connectivity index (χ0) is 16.5. The molecule has 0 aliphatic rings. The number of nitrogens with zero attached hydrogens (tertiary/aromatic N) is 2. The van der Waals surface area contributed by atoms with Crippen LogP contribution in [0, 0.1) is 6.92 Å². The maximum Gasteiger partial charge on any atom is 0.218 e. The van der Waals surface area contributed by atoms with Crippen LogP contribution >= 0.6 is 0 Å². The fourth-order valence-corrected chi connectivity index (χ4v) is 1.89. The zero-order valence-corrected chi connectivity index (χ0v) is 13.5. The average Bonchev–Trinajstić information content (AvgIpc) is 2.56. The molecule has 0 amide bonds. The number of ether oxygens (including phenoxy) is 2. The van der Waals surface area contributed by atoms with E-state index in [0.717, 1.165) is 11.3 Å². The summed E-state index contributed by atoms with van der Waals surface area (Å²) in [4.78, 5) is 8.55. The quantitative estimate of drug-likeness (QED) is 0.466. The number of rotatable bonds is 7. The van der Waals surface area contributed by atoms with E-state index < -0.39 is 0 Å². The van der Waals surface area contributed by atoms with E-state index in [2.05, 4.69) is 15.3 Å². The Morgan fingerprint density at radius 2 is 2.00 bits per heavy atom. The van der Waals surface area contributed by atoms with Crippen molar-refractivity contribution < 1.29 is 9.47 Å². The first-order chi connectivity index (χ1) is 11.2. The number of hydrogen-bond acceptors (Lipinski definition) is 4. The molecule has 6 nitrogen and oxygen atoms in total. The second-order valence-electron chi connectivity index (χ2n) is 5.00. The summed E-state index contributed by atoms with van der Waals surface area (Å²) in [5.41, 5.74) is 8.89. The van der Waals surface area contributed by atoms with Gasteiger partial charge < -0.3 is 20.5 Å². The maximum atomic E-state index is 5.92. The van der Waals surface area contributed by atoms with Crippen molar-refractivity contribution in [3.8, 4) is 5.88 Å². The predicted molar refractivity (Wildman–Crippen MR) is 91.7 cm³/mol. The second kappa shape index (κ2) is 8.75. The predicted octanol–water partition coefficient (Wildman–Crippen LogP) is 2.34. The molecule has 0 aliphatic carbocycles. The summed E-state index contributed by atoms with van der Waals surface area (Å²) in [5.74, 6) is 0.900. The first-order valence-corrected chi connectivity index (χ1v) is 7.38. The van der Waals surface area contributed by atoms with Gasteiger partial charge in [0.2, 0.25) is 5.88 Å². The van der Waals surface area contributed by atoms with Crippen molar-refractivity contribution in [2.75, 3.05) is 25.6 Å². The summed E-state index contributed by atoms with van der Waals surface area (Å²) in [6.07, 6.45) is 1.68. The fourth-order valence-electron chi connectivity index (χ4n) is 1.89. The molecule has 2 rings (SSSR count). The third-order valence-corrected chi connectivity index (χ3v) is 3.12. The summed E-state index contributed by atoms with van der Waals surface area (Å²) < 4.78 is 10.5. The Bertz CT molecular complexity index is 641. The monoisotopic (exact) mass is 314 g/mol. The average molecular weight is 314 g/mol. The van der Waals surface area contributed by atoms with Crippen LogP contribution in [0.5, 0.6) is 5.88 Å². The number of aryl methyl sites for hydroxylation is 1. The highest BCUT2D eigenvalue weighted by molar-refractivity contribution is 5.92. The molecule has 2 aromatic rings. The zero-order valence-electron chi connectivity index (χ0n) is 13.5. The minimum atomic E-state index is 0.348. The highest BCUT2D eigenvalue weighted by atomic mass is 16.5. The number of aromatic nitrogens is 1. The van der Waals surface area contributed by atoms with Gasteiger partial charge in [0.05, 0.1) is 13.2 Å². The van der Waals surface area contributed by atoms with Gasteiger partial charge in [-0.25, -0.2) is 9.98 Å². The molecule has 0 spiro atoms. The van der Waals surface area contributed by atoms with Gasteiger partial charge in [-0.1, -0.05) is 23.8 Å². The van der Waals surface area contributed by atoms with Gasteiger partial charge >= 0.3 is 0 Å². The van der Waals surface area contributed by atoms with E-state index >= 15 is 0 Å². The molecule has 0 unspecified atom stereocenters. The van der Waals surface area contributed by atoms with Gasteiger partial charge in [0.25, 0.3) is 0 Å². The standard InChI is InChI=1S/C17H22N4O2/c1-13-5-7-15(8-6-13)21-17(18)20-12-14-4-3-9-19-16(14)23-11-10-22-2/h3-9H,10-12H2,1-2H3,(H3,18,20,21). The highest BCUT2D eigenvalue weighted by Crippen LogP contribution is 2.15. The van der Waals surface area contributed by atoms with E-state index in [4.69, 9.17) is 15.2 Å². The number of hydrogen-bond donors (Lipinski definition) is 2. The Balaban J connectivity index is 1.97. The van der Waals surface area contributed by atoms with Crippen molar-refractivity contribution in [1.29, 1.82) is 0 Å². The van der Waals surface area contributed by atoms with Gasteiger partial charge in [-0.3, -0.25) is 0 Å². The van der Waals surface area contributed by atoms with Crippen molar-refractivity contribution in [3.05, 3.63) is 53.7 Å². The van der Waals surface area contributed by atoms with Gasteiger partial charge in [0, 0.05) is 24.6 Å². The fraction of sp³-hybridized carbons (Fsp3) is 0.294. The number of pyridine rings is 1. The van der Waals surface area contributed by atoms with E-state index in [9.17, 15) is 0 Å². The third-order valence-electron chi connectivity index (χ3n) is 3.12. The molecule has 6 heteroatoms. The first kappa shape index (κ1) is 16.8. The van der Waals surface area contributed by atoms with Crippen LogP contribution in [0.4, 0.5) is 5.69 Å². The van der Waals surface area contributed by atoms with Crippen molar-refractivity contribution in [3.63, 3.8) is 0 Å². The Hall–Kier alpha value is -2.60. The van der Waals surface area contributed by atoms with E-state index in [0.29, 0.717) is 31.6 Å². The minimum Gasteiger partial charge on any atom is -0.475 e. The molecule has 0 saturated carbocycles. The molecule has 0 radical (unpaired) electrons. The molecule has 23 heavy (non-hydrogen) atoms. The molecule has 0 fully saturated rings. The molecule has 1 aromatic heterocycles. The lowest BCUT2D eigenvalue weighted by molar-refractivity contribution is 0.143. The Morgan fingerprint density at radius 1 is 1.22 bits per heavy atom. The first-order valence-electron chi connectivity index (χ1n) is 7.38. The normalized spacial score (nSPS) is 11.3. The summed E-state index contributed by atoms with van der Waals surface area (Å²) in [6.45, 7) is 3.38. The van der Waals surface area contributed by atoms with E-state index in [-0.39, 0.29) is 0 Å². The number of anilines is 1. The van der Waals surface area contributed by atoms with Crippen LogP contribution in [0.3, 0.4) is 0 Å². The van der Waals surface area contributed by atoms with Crippen molar-refractivity contribution in [1.82, 2.24) is 4.98 Å². The number of nitrogens with two attached hydrogens (primary N) is 1. The number of benzene rings is 1. The molecule has 0 bridgehead atoms. The Morgan fingerprint density at radius 3 is 2.74 bits per heavy atom. The topological polar surface area (TPSA) is 81.8 Å². The molecule has 0 aliphatic heterocycles. The second-order valence-corrected chi connectivity index (χ2v) is 5.00. The van der Waals surface area contributed by atoms with Crippen LogP contribution < -0.4 is 15.8 Å². The Kier molecular flexibility index (Phi) is 6.38. The largest absolute Gasteiger partial charge is 0.475 e. The molecule has 122 valence electrons. The molecule has 1 aromatic carbocycles. The van der Waals surface area contributed by atoms with Crippen LogP contribution in [-0.4, -0.2) is 31.3 Å². The van der Waals surface area contributed by atoms with Gasteiger partial charge in [0.1, 0.15) is 6.61 Å². The van der Waals surface area contributed by atoms with E-state index in [1.807, 2.05) is 43.3 Å². The summed E-state index contributed by atoms with van der Waals surface area (Å²) >= 11 is 0.